The van der Waals surface area contributed by atoms with Gasteiger partial charge in [-0.25, -0.2) is 0 Å². The van der Waals surface area contributed by atoms with E-state index in [4.69, 9.17) is 21.7 Å². The molecule has 4 atom stereocenters. The molecular formula is C24H31N3O2S. The largest absolute Gasteiger partial charge is 0.486 e. The lowest BCUT2D eigenvalue weighted by molar-refractivity contribution is 0.0132. The number of piperidine rings is 3. The lowest BCUT2D eigenvalue weighted by Crippen LogP contribution is -2.60. The molecule has 0 aromatic heterocycles. The Hall–Kier alpha value is -1.79. The van der Waals surface area contributed by atoms with E-state index in [1.165, 1.54) is 51.6 Å². The lowest BCUT2D eigenvalue weighted by atomic mass is 9.68. The van der Waals surface area contributed by atoms with Crippen molar-refractivity contribution in [2.24, 2.45) is 11.8 Å². The molecule has 4 heterocycles. The van der Waals surface area contributed by atoms with Gasteiger partial charge in [-0.15, -0.1) is 0 Å². The normalized spacial score (nSPS) is 32.5. The SMILES string of the molecule is S=C(Nc1ccc2c(c1)OCCO2)N1CCCC2=CC3CC(CN4CCCC[C@H]34)[C@@H]21. The number of anilines is 1. The Morgan fingerprint density at radius 1 is 1.07 bits per heavy atom. The van der Waals surface area contributed by atoms with Crippen molar-refractivity contribution in [1.29, 1.82) is 0 Å². The van der Waals surface area contributed by atoms with Gasteiger partial charge in [0.2, 0.25) is 0 Å². The number of nitrogens with zero attached hydrogens (tertiary/aromatic N) is 2. The van der Waals surface area contributed by atoms with Crippen molar-refractivity contribution in [2.75, 3.05) is 38.2 Å². The zero-order valence-corrected chi connectivity index (χ0v) is 18.3. The van der Waals surface area contributed by atoms with E-state index in [-0.39, 0.29) is 0 Å². The first kappa shape index (κ1) is 18.9. The van der Waals surface area contributed by atoms with Crippen LogP contribution >= 0.6 is 12.2 Å². The summed E-state index contributed by atoms with van der Waals surface area (Å²) in [6.45, 7) is 4.79. The number of benzene rings is 1. The van der Waals surface area contributed by atoms with Crippen molar-refractivity contribution < 1.29 is 9.47 Å². The van der Waals surface area contributed by atoms with E-state index < -0.39 is 0 Å². The Labute approximate surface area is 184 Å². The number of hydrogen-bond acceptors (Lipinski definition) is 4. The van der Waals surface area contributed by atoms with Crippen molar-refractivity contribution in [3.8, 4) is 11.5 Å². The van der Waals surface area contributed by atoms with E-state index in [9.17, 15) is 0 Å². The molecule has 2 bridgehead atoms. The molecule has 160 valence electrons. The second-order valence-corrected chi connectivity index (χ2v) is 9.88. The van der Waals surface area contributed by atoms with Gasteiger partial charge in [-0.05, 0) is 74.8 Å². The molecule has 6 rings (SSSR count). The minimum atomic E-state index is 0.468. The molecule has 0 spiro atoms. The van der Waals surface area contributed by atoms with Gasteiger partial charge in [-0.1, -0.05) is 18.1 Å². The molecule has 6 heteroatoms. The van der Waals surface area contributed by atoms with Gasteiger partial charge in [0.25, 0.3) is 0 Å². The van der Waals surface area contributed by atoms with Crippen LogP contribution in [0.15, 0.2) is 29.8 Å². The molecule has 4 aliphatic heterocycles. The van der Waals surface area contributed by atoms with Crippen LogP contribution in [0.4, 0.5) is 5.69 Å². The van der Waals surface area contributed by atoms with Crippen molar-refractivity contribution in [2.45, 2.75) is 50.6 Å². The Morgan fingerprint density at radius 3 is 2.90 bits per heavy atom. The van der Waals surface area contributed by atoms with Crippen LogP contribution in [0, 0.1) is 11.8 Å². The fraction of sp³-hybridized carbons (Fsp3) is 0.625. The minimum absolute atomic E-state index is 0.468. The number of hydrogen-bond donors (Lipinski definition) is 1. The molecule has 30 heavy (non-hydrogen) atoms. The average molecular weight is 426 g/mol. The topological polar surface area (TPSA) is 37.0 Å². The number of thiocarbonyl (C=S) groups is 1. The van der Waals surface area contributed by atoms with Gasteiger partial charge in [-0.3, -0.25) is 4.90 Å². The quantitative estimate of drug-likeness (QED) is 0.540. The summed E-state index contributed by atoms with van der Waals surface area (Å²) < 4.78 is 11.4. The summed E-state index contributed by atoms with van der Waals surface area (Å²) in [7, 11) is 0. The second-order valence-electron chi connectivity index (χ2n) is 9.49. The van der Waals surface area contributed by atoms with E-state index in [1.54, 1.807) is 5.57 Å². The minimum Gasteiger partial charge on any atom is -0.486 e. The van der Waals surface area contributed by atoms with Gasteiger partial charge < -0.3 is 19.7 Å². The molecule has 5 aliphatic rings. The van der Waals surface area contributed by atoms with E-state index in [1.807, 2.05) is 18.2 Å². The van der Waals surface area contributed by atoms with Gasteiger partial charge in [0.1, 0.15) is 13.2 Å². The van der Waals surface area contributed by atoms with E-state index >= 15 is 0 Å². The Kier molecular flexibility index (Phi) is 4.87. The summed E-state index contributed by atoms with van der Waals surface area (Å²) in [6, 6.07) is 7.29. The highest BCUT2D eigenvalue weighted by Gasteiger charge is 2.46. The molecule has 1 aromatic carbocycles. The molecule has 0 amide bonds. The lowest BCUT2D eigenvalue weighted by Gasteiger charge is -2.55. The number of rotatable bonds is 1. The van der Waals surface area contributed by atoms with Crippen molar-refractivity contribution in [1.82, 2.24) is 9.80 Å². The van der Waals surface area contributed by atoms with Crippen molar-refractivity contribution in [3.63, 3.8) is 0 Å². The summed E-state index contributed by atoms with van der Waals surface area (Å²) in [4.78, 5) is 5.27. The first-order valence-electron chi connectivity index (χ1n) is 11.7. The number of likely N-dealkylation sites (tertiary alicyclic amines) is 1. The molecule has 0 radical (unpaired) electrons. The van der Waals surface area contributed by atoms with Crippen LogP contribution in [0.5, 0.6) is 11.5 Å². The van der Waals surface area contributed by atoms with Gasteiger partial charge in [0.05, 0.1) is 6.04 Å². The van der Waals surface area contributed by atoms with Crippen molar-refractivity contribution >= 4 is 23.0 Å². The Balaban J connectivity index is 1.23. The molecule has 1 N–H and O–H groups in total. The first-order chi connectivity index (χ1) is 14.8. The summed E-state index contributed by atoms with van der Waals surface area (Å²) >= 11 is 5.94. The number of ether oxygens (including phenoxy) is 2. The van der Waals surface area contributed by atoms with Gasteiger partial charge in [0.15, 0.2) is 16.6 Å². The Bertz CT molecular complexity index is 872. The van der Waals surface area contributed by atoms with Crippen LogP contribution < -0.4 is 14.8 Å². The highest BCUT2D eigenvalue weighted by molar-refractivity contribution is 7.80. The summed E-state index contributed by atoms with van der Waals surface area (Å²) in [5.41, 5.74) is 2.63. The smallest absolute Gasteiger partial charge is 0.173 e. The molecular weight excluding hydrogens is 394 g/mol. The fourth-order valence-corrected chi connectivity index (χ4v) is 6.84. The highest BCUT2D eigenvalue weighted by Crippen LogP contribution is 2.45. The first-order valence-corrected chi connectivity index (χ1v) is 12.1. The molecule has 1 aliphatic carbocycles. The standard InChI is InChI=1S/C24H31N3O2S/c30-24(25-19-6-7-21-22(14-19)29-11-10-28-21)27-9-3-4-16-12-17-13-18(23(16)27)15-26-8-2-1-5-20(17)26/h6-7,12,14,17-18,20,23H,1-5,8-11,13,15H2,(H,25,30)/t17?,18?,20-,23-/m1/s1. The van der Waals surface area contributed by atoms with E-state index in [2.05, 4.69) is 21.2 Å². The maximum absolute atomic E-state index is 5.94. The maximum atomic E-state index is 5.94. The third-order valence-electron chi connectivity index (χ3n) is 7.71. The third-order valence-corrected chi connectivity index (χ3v) is 8.05. The van der Waals surface area contributed by atoms with E-state index in [0.29, 0.717) is 25.2 Å². The third kappa shape index (κ3) is 3.28. The van der Waals surface area contributed by atoms with Crippen LogP contribution in [-0.2, 0) is 0 Å². The molecule has 5 nitrogen and oxygen atoms in total. The van der Waals surface area contributed by atoms with Crippen LogP contribution in [0.2, 0.25) is 0 Å². The maximum Gasteiger partial charge on any atom is 0.173 e. The fourth-order valence-electron chi connectivity index (χ4n) is 6.52. The average Bonchev–Trinajstić information content (AvgIpc) is 2.78. The van der Waals surface area contributed by atoms with Crippen LogP contribution in [-0.4, -0.2) is 59.8 Å². The monoisotopic (exact) mass is 425 g/mol. The predicted octanol–water partition coefficient (Wildman–Crippen LogP) is 4.05. The van der Waals surface area contributed by atoms with Crippen LogP contribution in [0.1, 0.15) is 38.5 Å². The summed E-state index contributed by atoms with van der Waals surface area (Å²) in [5, 5.41) is 4.35. The molecule has 1 aromatic rings. The Morgan fingerprint density at radius 2 is 1.97 bits per heavy atom. The van der Waals surface area contributed by atoms with Gasteiger partial charge in [-0.2, -0.15) is 0 Å². The molecule has 3 fully saturated rings. The number of nitrogens with one attached hydrogen (secondary N) is 1. The molecule has 0 saturated carbocycles. The van der Waals surface area contributed by atoms with Crippen molar-refractivity contribution in [3.05, 3.63) is 29.8 Å². The zero-order valence-electron chi connectivity index (χ0n) is 17.5. The van der Waals surface area contributed by atoms with Gasteiger partial charge in [0, 0.05) is 30.9 Å². The van der Waals surface area contributed by atoms with Gasteiger partial charge >= 0.3 is 0 Å². The number of fused-ring (bicyclic) bond motifs is 7. The predicted molar refractivity (Wildman–Crippen MR) is 122 cm³/mol. The summed E-state index contributed by atoms with van der Waals surface area (Å²) in [5.74, 6) is 3.08. The van der Waals surface area contributed by atoms with E-state index in [0.717, 1.165) is 40.8 Å². The molecule has 2 unspecified atom stereocenters. The highest BCUT2D eigenvalue weighted by atomic mass is 32.1. The zero-order chi connectivity index (χ0) is 20.1. The second kappa shape index (κ2) is 7.72. The van der Waals surface area contributed by atoms with Crippen LogP contribution in [0.25, 0.3) is 0 Å². The summed E-state index contributed by atoms with van der Waals surface area (Å²) in [6.07, 6.45) is 10.6. The molecule has 3 saturated heterocycles. The van der Waals surface area contributed by atoms with Crippen LogP contribution in [0.3, 0.4) is 0 Å².